The standard InChI is InChI=1S/C13H18INO3S/c1-3-17-11(16)9(2)18-13(6-4-5-7-13)12-15-8-10(14)19-12/h8-9H,3-7H2,1-2H3. The lowest BCUT2D eigenvalue weighted by Gasteiger charge is -2.29. The summed E-state index contributed by atoms with van der Waals surface area (Å²) in [6.45, 7) is 3.95. The van der Waals surface area contributed by atoms with Crippen molar-refractivity contribution in [2.75, 3.05) is 6.61 Å². The molecule has 1 saturated carbocycles. The topological polar surface area (TPSA) is 48.4 Å². The number of thiazole rings is 1. The van der Waals surface area contributed by atoms with E-state index >= 15 is 0 Å². The van der Waals surface area contributed by atoms with Gasteiger partial charge in [0.1, 0.15) is 10.6 Å². The van der Waals surface area contributed by atoms with E-state index in [1.165, 1.54) is 0 Å². The number of halogens is 1. The van der Waals surface area contributed by atoms with Crippen LogP contribution in [0.5, 0.6) is 0 Å². The van der Waals surface area contributed by atoms with Gasteiger partial charge in [0.25, 0.3) is 0 Å². The Morgan fingerprint density at radius 1 is 1.58 bits per heavy atom. The lowest BCUT2D eigenvalue weighted by molar-refractivity contribution is -0.169. The highest BCUT2D eigenvalue weighted by Gasteiger charge is 2.42. The molecule has 2 rings (SSSR count). The van der Waals surface area contributed by atoms with E-state index in [2.05, 4.69) is 27.6 Å². The number of carbonyl (C=O) groups excluding carboxylic acids is 1. The van der Waals surface area contributed by atoms with Crippen molar-refractivity contribution in [3.8, 4) is 0 Å². The van der Waals surface area contributed by atoms with E-state index in [1.54, 1.807) is 25.2 Å². The largest absolute Gasteiger partial charge is 0.464 e. The maximum atomic E-state index is 11.7. The molecule has 1 unspecified atom stereocenters. The van der Waals surface area contributed by atoms with Crippen LogP contribution in [0.15, 0.2) is 6.20 Å². The van der Waals surface area contributed by atoms with Gasteiger partial charge in [-0.3, -0.25) is 0 Å². The van der Waals surface area contributed by atoms with Crippen LogP contribution in [0.2, 0.25) is 0 Å². The van der Waals surface area contributed by atoms with Gasteiger partial charge in [-0.25, -0.2) is 9.78 Å². The van der Waals surface area contributed by atoms with Crippen molar-refractivity contribution >= 4 is 39.9 Å². The highest BCUT2D eigenvalue weighted by molar-refractivity contribution is 14.1. The summed E-state index contributed by atoms with van der Waals surface area (Å²) in [4.78, 5) is 16.2. The second-order valence-corrected chi connectivity index (χ2v) is 7.61. The molecule has 0 N–H and O–H groups in total. The number of carbonyl (C=O) groups is 1. The van der Waals surface area contributed by atoms with Crippen molar-refractivity contribution < 1.29 is 14.3 Å². The normalized spacial score (nSPS) is 19.3. The van der Waals surface area contributed by atoms with Crippen molar-refractivity contribution in [2.45, 2.75) is 51.2 Å². The Kier molecular flexibility index (Phi) is 5.19. The van der Waals surface area contributed by atoms with Crippen LogP contribution in [0, 0.1) is 2.88 Å². The Morgan fingerprint density at radius 3 is 2.79 bits per heavy atom. The SMILES string of the molecule is CCOC(=O)C(C)OC1(c2ncc(I)s2)CCCC1. The molecule has 1 heterocycles. The number of aromatic nitrogens is 1. The summed E-state index contributed by atoms with van der Waals surface area (Å²) in [5.74, 6) is -0.292. The second-order valence-electron chi connectivity index (χ2n) is 4.68. The number of nitrogens with zero attached hydrogens (tertiary/aromatic N) is 1. The van der Waals surface area contributed by atoms with Crippen molar-refractivity contribution in [2.24, 2.45) is 0 Å². The van der Waals surface area contributed by atoms with E-state index in [9.17, 15) is 4.79 Å². The predicted molar refractivity (Wildman–Crippen MR) is 82.2 cm³/mol. The average Bonchev–Trinajstić information content (AvgIpc) is 2.99. The molecule has 1 atom stereocenters. The number of hydrogen-bond acceptors (Lipinski definition) is 5. The van der Waals surface area contributed by atoms with Crippen LogP contribution < -0.4 is 0 Å². The van der Waals surface area contributed by atoms with Gasteiger partial charge in [-0.05, 0) is 49.3 Å². The van der Waals surface area contributed by atoms with E-state index in [0.29, 0.717) is 6.61 Å². The summed E-state index contributed by atoms with van der Waals surface area (Å²) in [5.41, 5.74) is -0.389. The Labute approximate surface area is 131 Å². The van der Waals surface area contributed by atoms with Crippen LogP contribution in [-0.2, 0) is 19.9 Å². The maximum absolute atomic E-state index is 11.7. The van der Waals surface area contributed by atoms with Gasteiger partial charge in [0.15, 0.2) is 6.10 Å². The molecule has 1 aliphatic rings. The summed E-state index contributed by atoms with van der Waals surface area (Å²) < 4.78 is 12.2. The predicted octanol–water partition coefficient (Wildman–Crippen LogP) is 3.49. The molecule has 0 aliphatic heterocycles. The first-order valence-electron chi connectivity index (χ1n) is 6.53. The van der Waals surface area contributed by atoms with Crippen molar-refractivity contribution in [1.82, 2.24) is 4.98 Å². The summed E-state index contributed by atoms with van der Waals surface area (Å²) in [6, 6.07) is 0. The zero-order valence-corrected chi connectivity index (χ0v) is 14.1. The number of ether oxygens (including phenoxy) is 2. The summed E-state index contributed by atoms with van der Waals surface area (Å²) in [6.07, 6.45) is 5.41. The molecule has 0 radical (unpaired) electrons. The minimum Gasteiger partial charge on any atom is -0.464 e. The van der Waals surface area contributed by atoms with Crippen molar-refractivity contribution in [1.29, 1.82) is 0 Å². The average molecular weight is 395 g/mol. The van der Waals surface area contributed by atoms with Crippen molar-refractivity contribution in [3.05, 3.63) is 14.1 Å². The Morgan fingerprint density at radius 2 is 2.26 bits per heavy atom. The number of hydrogen-bond donors (Lipinski definition) is 0. The fraction of sp³-hybridized carbons (Fsp3) is 0.692. The quantitative estimate of drug-likeness (QED) is 0.566. The molecule has 0 saturated heterocycles. The van der Waals surface area contributed by atoms with Gasteiger partial charge < -0.3 is 9.47 Å². The third kappa shape index (κ3) is 3.46. The smallest absolute Gasteiger partial charge is 0.334 e. The van der Waals surface area contributed by atoms with Crippen LogP contribution in [-0.4, -0.2) is 23.7 Å². The molecule has 1 aromatic heterocycles. The molecule has 1 aliphatic carbocycles. The Bertz CT molecular complexity index is 443. The van der Waals surface area contributed by atoms with Gasteiger partial charge in [-0.1, -0.05) is 12.8 Å². The number of esters is 1. The molecule has 0 aromatic carbocycles. The van der Waals surface area contributed by atoms with Crippen LogP contribution in [0.3, 0.4) is 0 Å². The summed E-state index contributed by atoms with van der Waals surface area (Å²) in [5, 5.41) is 0.991. The number of rotatable bonds is 5. The minimum atomic E-state index is -0.542. The van der Waals surface area contributed by atoms with E-state index in [1.807, 2.05) is 6.20 Å². The minimum absolute atomic E-state index is 0.292. The van der Waals surface area contributed by atoms with E-state index in [0.717, 1.165) is 33.6 Å². The maximum Gasteiger partial charge on any atom is 0.334 e. The summed E-state index contributed by atoms with van der Waals surface area (Å²) >= 11 is 3.91. The molecule has 106 valence electrons. The molecule has 1 aromatic rings. The van der Waals surface area contributed by atoms with Gasteiger partial charge in [-0.2, -0.15) is 0 Å². The van der Waals surface area contributed by atoms with Gasteiger partial charge in [0.05, 0.1) is 15.7 Å². The first-order chi connectivity index (χ1) is 9.07. The molecule has 6 heteroatoms. The molecule has 1 fully saturated rings. The molecule has 0 spiro atoms. The van der Waals surface area contributed by atoms with E-state index < -0.39 is 6.10 Å². The zero-order chi connectivity index (χ0) is 13.9. The molecule has 0 amide bonds. The van der Waals surface area contributed by atoms with Gasteiger partial charge in [-0.15, -0.1) is 11.3 Å². The van der Waals surface area contributed by atoms with Crippen LogP contribution in [0.4, 0.5) is 0 Å². The molecular weight excluding hydrogens is 377 g/mol. The van der Waals surface area contributed by atoms with Crippen LogP contribution in [0.25, 0.3) is 0 Å². The van der Waals surface area contributed by atoms with Gasteiger partial charge in [0.2, 0.25) is 0 Å². The lowest BCUT2D eigenvalue weighted by atomic mass is 10.0. The zero-order valence-electron chi connectivity index (χ0n) is 11.1. The first kappa shape index (κ1) is 15.2. The molecule has 4 nitrogen and oxygen atoms in total. The van der Waals surface area contributed by atoms with Crippen molar-refractivity contribution in [3.63, 3.8) is 0 Å². The third-order valence-electron chi connectivity index (χ3n) is 3.30. The van der Waals surface area contributed by atoms with Crippen LogP contribution >= 0.6 is 33.9 Å². The van der Waals surface area contributed by atoms with Gasteiger partial charge >= 0.3 is 5.97 Å². The molecular formula is C13H18INO3S. The van der Waals surface area contributed by atoms with Gasteiger partial charge in [0, 0.05) is 0 Å². The summed E-state index contributed by atoms with van der Waals surface area (Å²) in [7, 11) is 0. The van der Waals surface area contributed by atoms with E-state index in [4.69, 9.17) is 9.47 Å². The fourth-order valence-electron chi connectivity index (χ4n) is 2.44. The highest BCUT2D eigenvalue weighted by Crippen LogP contribution is 2.44. The van der Waals surface area contributed by atoms with E-state index in [-0.39, 0.29) is 11.6 Å². The monoisotopic (exact) mass is 395 g/mol. The Hall–Kier alpha value is -0.210. The molecule has 0 bridgehead atoms. The highest BCUT2D eigenvalue weighted by atomic mass is 127. The fourth-order valence-corrected chi connectivity index (χ4v) is 4.04. The lowest BCUT2D eigenvalue weighted by Crippen LogP contribution is -2.35. The van der Waals surface area contributed by atoms with Crippen LogP contribution in [0.1, 0.15) is 44.5 Å². The molecule has 19 heavy (non-hydrogen) atoms. The second kappa shape index (κ2) is 6.49. The third-order valence-corrected chi connectivity index (χ3v) is 5.21. The Balaban J connectivity index is 2.14. The first-order valence-corrected chi connectivity index (χ1v) is 8.43.